The normalized spacial score (nSPS) is 13.4. The van der Waals surface area contributed by atoms with Gasteiger partial charge in [-0.05, 0) is 47.2 Å². The molecule has 0 heterocycles. The van der Waals surface area contributed by atoms with Gasteiger partial charge in [-0.3, -0.25) is 9.98 Å². The molecule has 0 atom stereocenters. The van der Waals surface area contributed by atoms with Crippen LogP contribution in [0.15, 0.2) is 52.4 Å². The van der Waals surface area contributed by atoms with E-state index in [1.54, 1.807) is 41.5 Å². The van der Waals surface area contributed by atoms with Crippen molar-refractivity contribution < 1.29 is 41.3 Å². The van der Waals surface area contributed by atoms with Crippen LogP contribution in [0, 0.1) is 0 Å². The molecule has 0 spiro atoms. The van der Waals surface area contributed by atoms with Crippen molar-refractivity contribution in [1.82, 2.24) is 0 Å². The molecular weight excluding hydrogens is 562 g/mol. The molecule has 226 valence electrons. The molecule has 0 aliphatic rings. The van der Waals surface area contributed by atoms with Gasteiger partial charge in [0.15, 0.2) is 0 Å². The summed E-state index contributed by atoms with van der Waals surface area (Å²) >= 11 is 0. The standard InChI is InChI=1S/C31H32F6N2O3/c1-28(2,3)22-12-19(30(32,33)34)10-17(26(22)40)15-38-24-9-8-21(42-7)14-25(24)39-16-18-11-20(31(35,36)37)13-23(27(18)41)29(4,5)6/h8-16,40-41H,1-7H3. The maximum atomic E-state index is 13.6. The second kappa shape index (κ2) is 11.3. The quantitative estimate of drug-likeness (QED) is 0.228. The number of nitrogens with zero attached hydrogens (tertiary/aromatic N) is 2. The zero-order chi connectivity index (χ0) is 31.8. The number of hydrogen-bond donors (Lipinski definition) is 2. The van der Waals surface area contributed by atoms with E-state index in [0.717, 1.165) is 36.7 Å². The van der Waals surface area contributed by atoms with Gasteiger partial charge in [0.1, 0.15) is 17.2 Å². The topological polar surface area (TPSA) is 74.4 Å². The number of ether oxygens (including phenoxy) is 1. The SMILES string of the molecule is COc1ccc(N=Cc2cc(C(F)(F)F)cc(C(C)(C)C)c2O)c(N=Cc2cc(C(F)(F)F)cc(C(C)(C)C)c2O)c1. The Morgan fingerprint density at radius 1 is 0.619 bits per heavy atom. The van der Waals surface area contributed by atoms with Gasteiger partial charge in [-0.25, -0.2) is 0 Å². The molecule has 0 saturated carbocycles. The number of aromatic hydroxyl groups is 2. The van der Waals surface area contributed by atoms with Gasteiger partial charge in [-0.2, -0.15) is 26.3 Å². The number of hydrogen-bond acceptors (Lipinski definition) is 5. The van der Waals surface area contributed by atoms with E-state index in [4.69, 9.17) is 4.74 Å². The Morgan fingerprint density at radius 3 is 1.38 bits per heavy atom. The first-order valence-corrected chi connectivity index (χ1v) is 12.8. The van der Waals surface area contributed by atoms with Gasteiger partial charge in [0, 0.05) is 40.7 Å². The zero-order valence-electron chi connectivity index (χ0n) is 24.2. The number of benzene rings is 3. The maximum Gasteiger partial charge on any atom is 0.416 e. The van der Waals surface area contributed by atoms with Crippen molar-refractivity contribution in [2.45, 2.75) is 64.7 Å². The van der Waals surface area contributed by atoms with Gasteiger partial charge >= 0.3 is 12.4 Å². The van der Waals surface area contributed by atoms with Crippen LogP contribution in [0.4, 0.5) is 37.7 Å². The van der Waals surface area contributed by atoms with E-state index in [-0.39, 0.29) is 45.1 Å². The molecule has 0 aliphatic heterocycles. The van der Waals surface area contributed by atoms with Crippen molar-refractivity contribution in [3.8, 4) is 17.2 Å². The molecule has 0 unspecified atom stereocenters. The molecule has 0 amide bonds. The molecule has 0 aromatic heterocycles. The van der Waals surface area contributed by atoms with Gasteiger partial charge in [0.2, 0.25) is 0 Å². The summed E-state index contributed by atoms with van der Waals surface area (Å²) in [5.74, 6) is -0.432. The van der Waals surface area contributed by atoms with Crippen LogP contribution in [0.1, 0.15) is 74.9 Å². The summed E-state index contributed by atoms with van der Waals surface area (Å²) < 4.78 is 87.0. The minimum atomic E-state index is -4.68. The second-order valence-corrected chi connectivity index (χ2v) is 11.8. The Labute approximate surface area is 240 Å². The van der Waals surface area contributed by atoms with Gasteiger partial charge in [-0.15, -0.1) is 0 Å². The molecule has 0 aliphatic carbocycles. The molecule has 42 heavy (non-hydrogen) atoms. The van der Waals surface area contributed by atoms with Gasteiger partial charge in [0.05, 0.1) is 29.6 Å². The average molecular weight is 595 g/mol. The first-order chi connectivity index (χ1) is 19.1. The van der Waals surface area contributed by atoms with Crippen molar-refractivity contribution in [3.05, 3.63) is 75.8 Å². The van der Waals surface area contributed by atoms with E-state index < -0.39 is 34.3 Å². The molecule has 0 saturated heterocycles. The number of halogens is 6. The molecule has 5 nitrogen and oxygen atoms in total. The van der Waals surface area contributed by atoms with Crippen LogP contribution in [-0.4, -0.2) is 29.8 Å². The van der Waals surface area contributed by atoms with Crippen LogP contribution in [0.2, 0.25) is 0 Å². The monoisotopic (exact) mass is 594 g/mol. The average Bonchev–Trinajstić information content (AvgIpc) is 2.84. The predicted molar refractivity (Wildman–Crippen MR) is 151 cm³/mol. The summed E-state index contributed by atoms with van der Waals surface area (Å²) in [4.78, 5) is 8.50. The molecule has 2 N–H and O–H groups in total. The van der Waals surface area contributed by atoms with E-state index in [1.165, 1.54) is 25.3 Å². The Bertz CT molecular complexity index is 1530. The van der Waals surface area contributed by atoms with Crippen LogP contribution in [0.5, 0.6) is 17.2 Å². The lowest BCUT2D eigenvalue weighted by molar-refractivity contribution is -0.138. The minimum absolute atomic E-state index is 0.0670. The minimum Gasteiger partial charge on any atom is -0.507 e. The maximum absolute atomic E-state index is 13.6. The Hall–Kier alpha value is -4.02. The molecule has 0 fully saturated rings. The molecule has 3 aromatic carbocycles. The highest BCUT2D eigenvalue weighted by molar-refractivity contribution is 5.90. The van der Waals surface area contributed by atoms with Gasteiger partial charge < -0.3 is 14.9 Å². The number of alkyl halides is 6. The molecule has 0 bridgehead atoms. The smallest absolute Gasteiger partial charge is 0.416 e. The Balaban J connectivity index is 2.17. The fourth-order valence-electron chi connectivity index (χ4n) is 4.10. The van der Waals surface area contributed by atoms with Crippen LogP contribution < -0.4 is 4.74 Å². The van der Waals surface area contributed by atoms with Crippen LogP contribution in [0.3, 0.4) is 0 Å². The summed E-state index contributed by atoms with van der Waals surface area (Å²) in [6, 6.07) is 7.71. The Kier molecular flexibility index (Phi) is 8.77. The lowest BCUT2D eigenvalue weighted by Crippen LogP contribution is -2.15. The molecule has 11 heteroatoms. The van der Waals surface area contributed by atoms with Crippen molar-refractivity contribution in [3.63, 3.8) is 0 Å². The third kappa shape index (κ3) is 7.43. The summed E-state index contributed by atoms with van der Waals surface area (Å²) in [6.45, 7) is 9.96. The number of methoxy groups -OCH3 is 1. The predicted octanol–water partition coefficient (Wildman–Crippen LogP) is 9.24. The first-order valence-electron chi connectivity index (χ1n) is 12.8. The largest absolute Gasteiger partial charge is 0.507 e. The number of rotatable bonds is 5. The van der Waals surface area contributed by atoms with Gasteiger partial charge in [-0.1, -0.05) is 41.5 Å². The summed E-state index contributed by atoms with van der Waals surface area (Å²) in [7, 11) is 1.38. The molecule has 0 radical (unpaired) electrons. The first kappa shape index (κ1) is 32.5. The van der Waals surface area contributed by atoms with Crippen LogP contribution >= 0.6 is 0 Å². The highest BCUT2D eigenvalue weighted by atomic mass is 19.4. The van der Waals surface area contributed by atoms with Crippen molar-refractivity contribution in [2.24, 2.45) is 9.98 Å². The molecule has 3 rings (SSSR count). The van der Waals surface area contributed by atoms with Crippen molar-refractivity contribution in [1.29, 1.82) is 0 Å². The fraction of sp³-hybridized carbons (Fsp3) is 0.355. The summed E-state index contributed by atoms with van der Waals surface area (Å²) in [5.41, 5.74) is -3.62. The number of phenols is 2. The Morgan fingerprint density at radius 2 is 1.02 bits per heavy atom. The van der Waals surface area contributed by atoms with E-state index in [9.17, 15) is 36.6 Å². The second-order valence-electron chi connectivity index (χ2n) is 11.8. The van der Waals surface area contributed by atoms with E-state index in [0.29, 0.717) is 5.75 Å². The van der Waals surface area contributed by atoms with E-state index >= 15 is 0 Å². The summed E-state index contributed by atoms with van der Waals surface area (Å²) in [5, 5.41) is 21.6. The highest BCUT2D eigenvalue weighted by Gasteiger charge is 2.35. The third-order valence-corrected chi connectivity index (χ3v) is 6.42. The van der Waals surface area contributed by atoms with Crippen LogP contribution in [-0.2, 0) is 23.2 Å². The highest BCUT2D eigenvalue weighted by Crippen LogP contribution is 2.41. The lowest BCUT2D eigenvalue weighted by atomic mass is 9.84. The lowest BCUT2D eigenvalue weighted by Gasteiger charge is -2.23. The molecule has 3 aromatic rings. The van der Waals surface area contributed by atoms with E-state index in [2.05, 4.69) is 9.98 Å². The van der Waals surface area contributed by atoms with Crippen molar-refractivity contribution in [2.75, 3.05) is 7.11 Å². The molecular formula is C31H32F6N2O3. The van der Waals surface area contributed by atoms with Gasteiger partial charge in [0.25, 0.3) is 0 Å². The van der Waals surface area contributed by atoms with Crippen molar-refractivity contribution >= 4 is 23.8 Å². The number of aliphatic imine (C=N–C) groups is 2. The zero-order valence-corrected chi connectivity index (χ0v) is 24.2. The number of phenolic OH excluding ortho intramolecular Hbond substituents is 2. The summed E-state index contributed by atoms with van der Waals surface area (Å²) in [6.07, 6.45) is -7.25. The fourth-order valence-corrected chi connectivity index (χ4v) is 4.10. The third-order valence-electron chi connectivity index (χ3n) is 6.42. The van der Waals surface area contributed by atoms with E-state index in [1.807, 2.05) is 0 Å². The van der Waals surface area contributed by atoms with Crippen LogP contribution in [0.25, 0.3) is 0 Å².